The number of nitrogens with one attached hydrogen (secondary N) is 3. The Morgan fingerprint density at radius 1 is 1.00 bits per heavy atom. The van der Waals surface area contributed by atoms with Crippen LogP contribution < -0.4 is 16.0 Å². The molecule has 0 bridgehead atoms. The Morgan fingerprint density at radius 3 is 2.26 bits per heavy atom. The highest BCUT2D eigenvalue weighted by molar-refractivity contribution is 5.94. The van der Waals surface area contributed by atoms with Crippen LogP contribution in [0, 0.1) is 11.8 Å². The number of rotatable bonds is 6. The van der Waals surface area contributed by atoms with Crippen molar-refractivity contribution in [2.75, 3.05) is 10.6 Å². The Morgan fingerprint density at radius 2 is 1.67 bits per heavy atom. The number of anilines is 2. The molecule has 2 atom stereocenters. The van der Waals surface area contributed by atoms with Gasteiger partial charge in [0.05, 0.1) is 18.7 Å². The minimum Gasteiger partial charge on any atom is -0.481 e. The van der Waals surface area contributed by atoms with Crippen molar-refractivity contribution in [3.05, 3.63) is 48.4 Å². The summed E-state index contributed by atoms with van der Waals surface area (Å²) in [5, 5.41) is 17.2. The molecule has 8 heteroatoms. The molecule has 0 spiro atoms. The van der Waals surface area contributed by atoms with Crippen LogP contribution in [0.4, 0.5) is 16.2 Å². The van der Waals surface area contributed by atoms with Gasteiger partial charge in [-0.15, -0.1) is 0 Å². The fraction of sp³-hybridized carbons (Fsp3) is 0.316. The van der Waals surface area contributed by atoms with Crippen molar-refractivity contribution in [2.45, 2.75) is 25.8 Å². The van der Waals surface area contributed by atoms with Gasteiger partial charge in [-0.1, -0.05) is 0 Å². The Kier molecular flexibility index (Phi) is 5.75. The van der Waals surface area contributed by atoms with Gasteiger partial charge in [-0.05, 0) is 55.7 Å². The molecule has 0 saturated heterocycles. The number of carboxylic acid groups (broad SMARTS) is 1. The van der Waals surface area contributed by atoms with Gasteiger partial charge in [0.15, 0.2) is 0 Å². The molecular weight excluding hydrogens is 350 g/mol. The average Bonchev–Trinajstić information content (AvgIpc) is 3.33. The molecule has 3 rings (SSSR count). The van der Waals surface area contributed by atoms with E-state index in [0.717, 1.165) is 0 Å². The second-order valence-corrected chi connectivity index (χ2v) is 6.50. The maximum Gasteiger partial charge on any atom is 0.319 e. The normalized spacial score (nSPS) is 18.7. The first kappa shape index (κ1) is 18.5. The molecule has 1 fully saturated rings. The highest BCUT2D eigenvalue weighted by Gasteiger charge is 2.33. The first-order valence-electron chi connectivity index (χ1n) is 8.72. The second-order valence-electron chi connectivity index (χ2n) is 6.50. The van der Waals surface area contributed by atoms with Crippen molar-refractivity contribution < 1.29 is 23.9 Å². The van der Waals surface area contributed by atoms with Gasteiger partial charge in [0.2, 0.25) is 5.91 Å². The zero-order valence-corrected chi connectivity index (χ0v) is 14.6. The lowest BCUT2D eigenvalue weighted by Crippen LogP contribution is -2.28. The van der Waals surface area contributed by atoms with E-state index >= 15 is 0 Å². The van der Waals surface area contributed by atoms with E-state index in [-0.39, 0.29) is 24.4 Å². The molecule has 1 aromatic carbocycles. The van der Waals surface area contributed by atoms with Crippen molar-refractivity contribution in [1.82, 2.24) is 5.32 Å². The molecule has 1 saturated carbocycles. The predicted molar refractivity (Wildman–Crippen MR) is 98.1 cm³/mol. The Hall–Kier alpha value is -3.29. The van der Waals surface area contributed by atoms with E-state index in [9.17, 15) is 14.4 Å². The van der Waals surface area contributed by atoms with Crippen LogP contribution in [0.1, 0.15) is 25.0 Å². The van der Waals surface area contributed by atoms with Gasteiger partial charge in [-0.3, -0.25) is 9.59 Å². The third kappa shape index (κ3) is 5.10. The molecule has 8 nitrogen and oxygen atoms in total. The van der Waals surface area contributed by atoms with Crippen LogP contribution in [0.2, 0.25) is 0 Å². The van der Waals surface area contributed by atoms with Crippen molar-refractivity contribution in [3.63, 3.8) is 0 Å². The summed E-state index contributed by atoms with van der Waals surface area (Å²) in [6.07, 6.45) is 3.02. The summed E-state index contributed by atoms with van der Waals surface area (Å²) in [7, 11) is 0. The van der Waals surface area contributed by atoms with Gasteiger partial charge in [-0.25, -0.2) is 4.79 Å². The Balaban J connectivity index is 1.46. The number of aliphatic carboxylic acids is 1. The fourth-order valence-electron chi connectivity index (χ4n) is 3.08. The maximum atomic E-state index is 12.3. The summed E-state index contributed by atoms with van der Waals surface area (Å²) in [6, 6.07) is 9.87. The lowest BCUT2D eigenvalue weighted by molar-refractivity contribution is -0.141. The number of amides is 3. The predicted octanol–water partition coefficient (Wildman–Crippen LogP) is 3.04. The number of benzene rings is 1. The Labute approximate surface area is 155 Å². The van der Waals surface area contributed by atoms with Crippen molar-refractivity contribution in [2.24, 2.45) is 11.8 Å². The van der Waals surface area contributed by atoms with Crippen molar-refractivity contribution in [1.29, 1.82) is 0 Å². The number of hydrogen-bond acceptors (Lipinski definition) is 4. The van der Waals surface area contributed by atoms with Crippen LogP contribution in [0.25, 0.3) is 0 Å². The van der Waals surface area contributed by atoms with E-state index in [1.165, 1.54) is 6.26 Å². The zero-order valence-electron chi connectivity index (χ0n) is 14.6. The van der Waals surface area contributed by atoms with Crippen molar-refractivity contribution in [3.8, 4) is 0 Å². The topological polar surface area (TPSA) is 121 Å². The van der Waals surface area contributed by atoms with Gasteiger partial charge >= 0.3 is 12.0 Å². The third-order valence-corrected chi connectivity index (χ3v) is 4.57. The SMILES string of the molecule is O=C(NCc1ccco1)Nc1ccc(NC(=O)[C@H]2CC[C@@H](C(=O)O)C2)cc1. The fourth-order valence-corrected chi connectivity index (χ4v) is 3.08. The minimum atomic E-state index is -0.842. The molecule has 3 amide bonds. The molecule has 1 heterocycles. The van der Waals surface area contributed by atoms with E-state index in [0.29, 0.717) is 36.4 Å². The van der Waals surface area contributed by atoms with Crippen LogP contribution in [-0.4, -0.2) is 23.0 Å². The lowest BCUT2D eigenvalue weighted by Gasteiger charge is -2.12. The molecule has 4 N–H and O–H groups in total. The summed E-state index contributed by atoms with van der Waals surface area (Å²) in [5.41, 5.74) is 1.18. The van der Waals surface area contributed by atoms with Gasteiger partial charge in [-0.2, -0.15) is 0 Å². The molecule has 1 aliphatic rings. The van der Waals surface area contributed by atoms with E-state index < -0.39 is 11.9 Å². The molecule has 0 aliphatic heterocycles. The molecule has 0 unspecified atom stereocenters. The van der Waals surface area contributed by atoms with Crippen molar-refractivity contribution >= 4 is 29.3 Å². The molecule has 1 aliphatic carbocycles. The summed E-state index contributed by atoms with van der Waals surface area (Å²) in [6.45, 7) is 0.283. The van der Waals surface area contributed by atoms with Gasteiger partial charge < -0.3 is 25.5 Å². The van der Waals surface area contributed by atoms with Gasteiger partial charge in [0.25, 0.3) is 0 Å². The quantitative estimate of drug-likeness (QED) is 0.622. The molecule has 27 heavy (non-hydrogen) atoms. The monoisotopic (exact) mass is 371 g/mol. The molecule has 2 aromatic rings. The minimum absolute atomic E-state index is 0.171. The number of urea groups is 1. The smallest absolute Gasteiger partial charge is 0.319 e. The highest BCUT2D eigenvalue weighted by atomic mass is 16.4. The first-order valence-corrected chi connectivity index (χ1v) is 8.72. The highest BCUT2D eigenvalue weighted by Crippen LogP contribution is 2.32. The van der Waals surface area contributed by atoms with Crippen LogP contribution >= 0.6 is 0 Å². The van der Waals surface area contributed by atoms with E-state index in [4.69, 9.17) is 9.52 Å². The number of furan rings is 1. The first-order chi connectivity index (χ1) is 13.0. The lowest BCUT2D eigenvalue weighted by atomic mass is 10.0. The van der Waals surface area contributed by atoms with E-state index in [1.807, 2.05) is 0 Å². The van der Waals surface area contributed by atoms with Crippen LogP contribution in [-0.2, 0) is 16.1 Å². The number of hydrogen-bond donors (Lipinski definition) is 4. The van der Waals surface area contributed by atoms with Crippen LogP contribution in [0.15, 0.2) is 47.1 Å². The standard InChI is InChI=1S/C19H21N3O5/c23-17(12-3-4-13(10-12)18(24)25)21-14-5-7-15(8-6-14)22-19(26)20-11-16-2-1-9-27-16/h1-2,5-9,12-13H,3-4,10-11H2,(H,21,23)(H,24,25)(H2,20,22,26)/t12-,13+/m0/s1. The molecule has 142 valence electrons. The maximum absolute atomic E-state index is 12.3. The largest absolute Gasteiger partial charge is 0.481 e. The number of carbonyl (C=O) groups excluding carboxylic acids is 2. The van der Waals surface area contributed by atoms with Gasteiger partial charge in [0.1, 0.15) is 5.76 Å². The van der Waals surface area contributed by atoms with E-state index in [1.54, 1.807) is 36.4 Å². The van der Waals surface area contributed by atoms with E-state index in [2.05, 4.69) is 16.0 Å². The average molecular weight is 371 g/mol. The number of carboxylic acids is 1. The molecule has 0 radical (unpaired) electrons. The number of carbonyl (C=O) groups is 3. The van der Waals surface area contributed by atoms with Gasteiger partial charge in [0, 0.05) is 17.3 Å². The van der Waals surface area contributed by atoms with Crippen LogP contribution in [0.3, 0.4) is 0 Å². The molecular formula is C19H21N3O5. The zero-order chi connectivity index (χ0) is 19.2. The summed E-state index contributed by atoms with van der Waals surface area (Å²) in [5.74, 6) is -1.08. The molecule has 1 aromatic heterocycles. The summed E-state index contributed by atoms with van der Waals surface area (Å²) >= 11 is 0. The third-order valence-electron chi connectivity index (χ3n) is 4.57. The second kappa shape index (κ2) is 8.39. The Bertz CT molecular complexity index is 801. The summed E-state index contributed by atoms with van der Waals surface area (Å²) < 4.78 is 5.13. The van der Waals surface area contributed by atoms with Crippen LogP contribution in [0.5, 0.6) is 0 Å². The summed E-state index contributed by atoms with van der Waals surface area (Å²) in [4.78, 5) is 35.1.